The van der Waals surface area contributed by atoms with Gasteiger partial charge in [-0.3, -0.25) is 0 Å². The lowest BCUT2D eigenvalue weighted by atomic mass is 9.86. The van der Waals surface area contributed by atoms with Gasteiger partial charge in [0.1, 0.15) is 0 Å². The zero-order valence-corrected chi connectivity index (χ0v) is 10.6. The average Bonchev–Trinajstić information content (AvgIpc) is 2.66. The Labute approximate surface area is 95.2 Å². The average molecular weight is 209 g/mol. The smallest absolute Gasteiger partial charge is 0.00353 e. The van der Waals surface area contributed by atoms with E-state index in [9.17, 15) is 0 Å². The number of likely N-dealkylation sites (tertiary alicyclic amines) is 1. The minimum absolute atomic E-state index is 0.666. The van der Waals surface area contributed by atoms with E-state index in [1.165, 1.54) is 64.6 Å². The van der Waals surface area contributed by atoms with Crippen molar-refractivity contribution in [2.45, 2.75) is 58.8 Å². The molecule has 0 aromatic carbocycles. The Morgan fingerprint density at radius 3 is 2.27 bits per heavy atom. The van der Waals surface area contributed by atoms with Crippen LogP contribution in [0.4, 0.5) is 0 Å². The molecule has 88 valence electrons. The van der Waals surface area contributed by atoms with Crippen LogP contribution in [0.2, 0.25) is 0 Å². The van der Waals surface area contributed by atoms with Crippen LogP contribution in [0, 0.1) is 11.3 Å². The summed E-state index contributed by atoms with van der Waals surface area (Å²) in [5.74, 6) is 1.03. The third-order valence-corrected chi connectivity index (χ3v) is 4.70. The third-order valence-electron chi connectivity index (χ3n) is 4.70. The van der Waals surface area contributed by atoms with Crippen LogP contribution in [0.5, 0.6) is 0 Å². The summed E-state index contributed by atoms with van der Waals surface area (Å²) >= 11 is 0. The van der Waals surface area contributed by atoms with E-state index in [4.69, 9.17) is 0 Å². The first-order chi connectivity index (χ1) is 7.22. The van der Waals surface area contributed by atoms with Crippen LogP contribution in [0.25, 0.3) is 0 Å². The molecule has 2 aliphatic rings. The highest BCUT2D eigenvalue weighted by Gasteiger charge is 2.31. The SMILES string of the molecule is CCC1CCN(CC2(C)CCCC2)CC1. The summed E-state index contributed by atoms with van der Waals surface area (Å²) in [6.45, 7) is 8.97. The molecule has 1 saturated heterocycles. The number of piperidine rings is 1. The molecule has 1 aliphatic heterocycles. The maximum atomic E-state index is 2.73. The van der Waals surface area contributed by atoms with Crippen molar-refractivity contribution in [3.05, 3.63) is 0 Å². The molecule has 0 amide bonds. The van der Waals surface area contributed by atoms with Gasteiger partial charge in [-0.25, -0.2) is 0 Å². The van der Waals surface area contributed by atoms with Crippen molar-refractivity contribution in [1.82, 2.24) is 4.90 Å². The lowest BCUT2D eigenvalue weighted by Crippen LogP contribution is -2.40. The number of rotatable bonds is 3. The van der Waals surface area contributed by atoms with Gasteiger partial charge < -0.3 is 4.90 Å². The van der Waals surface area contributed by atoms with Crippen molar-refractivity contribution in [2.24, 2.45) is 11.3 Å². The molecule has 1 heterocycles. The Morgan fingerprint density at radius 2 is 1.73 bits per heavy atom. The standard InChI is InChI=1S/C14H27N/c1-3-13-6-10-15(11-7-13)12-14(2)8-4-5-9-14/h13H,3-12H2,1-2H3. The molecule has 2 rings (SSSR count). The van der Waals surface area contributed by atoms with E-state index in [2.05, 4.69) is 18.7 Å². The molecule has 0 atom stereocenters. The predicted molar refractivity (Wildman–Crippen MR) is 66.0 cm³/mol. The van der Waals surface area contributed by atoms with E-state index in [0.29, 0.717) is 5.41 Å². The fraction of sp³-hybridized carbons (Fsp3) is 1.00. The van der Waals surface area contributed by atoms with Crippen molar-refractivity contribution in [1.29, 1.82) is 0 Å². The van der Waals surface area contributed by atoms with E-state index in [1.54, 1.807) is 0 Å². The van der Waals surface area contributed by atoms with Gasteiger partial charge in [0.15, 0.2) is 0 Å². The molecule has 0 aromatic rings. The maximum Gasteiger partial charge on any atom is 0.00353 e. The molecule has 1 nitrogen and oxygen atoms in total. The van der Waals surface area contributed by atoms with Crippen molar-refractivity contribution in [3.63, 3.8) is 0 Å². The van der Waals surface area contributed by atoms with Crippen LogP contribution in [-0.4, -0.2) is 24.5 Å². The second kappa shape index (κ2) is 4.86. The van der Waals surface area contributed by atoms with Gasteiger partial charge in [-0.15, -0.1) is 0 Å². The minimum atomic E-state index is 0.666. The number of hydrogen-bond donors (Lipinski definition) is 0. The van der Waals surface area contributed by atoms with Crippen molar-refractivity contribution < 1.29 is 0 Å². The van der Waals surface area contributed by atoms with E-state index >= 15 is 0 Å². The highest BCUT2D eigenvalue weighted by Crippen LogP contribution is 2.38. The zero-order valence-electron chi connectivity index (χ0n) is 10.6. The normalized spacial score (nSPS) is 28.4. The first kappa shape index (κ1) is 11.4. The zero-order chi connectivity index (χ0) is 10.7. The highest BCUT2D eigenvalue weighted by molar-refractivity contribution is 4.85. The Balaban J connectivity index is 1.76. The molecule has 1 heteroatoms. The summed E-state index contributed by atoms with van der Waals surface area (Å²) < 4.78 is 0. The third kappa shape index (κ3) is 2.96. The summed E-state index contributed by atoms with van der Waals surface area (Å²) in [5, 5.41) is 0. The molecule has 0 spiro atoms. The fourth-order valence-electron chi connectivity index (χ4n) is 3.48. The monoisotopic (exact) mass is 209 g/mol. The van der Waals surface area contributed by atoms with Gasteiger partial charge in [-0.05, 0) is 50.1 Å². The van der Waals surface area contributed by atoms with E-state index in [1.807, 2.05) is 0 Å². The molecule has 15 heavy (non-hydrogen) atoms. The van der Waals surface area contributed by atoms with Gasteiger partial charge in [-0.1, -0.05) is 33.1 Å². The highest BCUT2D eigenvalue weighted by atomic mass is 15.1. The van der Waals surface area contributed by atoms with E-state index in [-0.39, 0.29) is 0 Å². The van der Waals surface area contributed by atoms with Gasteiger partial charge in [-0.2, -0.15) is 0 Å². The minimum Gasteiger partial charge on any atom is -0.303 e. The van der Waals surface area contributed by atoms with Gasteiger partial charge in [0.2, 0.25) is 0 Å². The molecular formula is C14H27N. The topological polar surface area (TPSA) is 3.24 Å². The van der Waals surface area contributed by atoms with Crippen LogP contribution < -0.4 is 0 Å². The first-order valence-corrected chi connectivity index (χ1v) is 6.94. The summed E-state index contributed by atoms with van der Waals surface area (Å²) in [5.41, 5.74) is 0.666. The lowest BCUT2D eigenvalue weighted by Gasteiger charge is -2.37. The van der Waals surface area contributed by atoms with E-state index in [0.717, 1.165) is 5.92 Å². The molecule has 0 radical (unpaired) electrons. The molecule has 0 unspecified atom stereocenters. The van der Waals surface area contributed by atoms with Crippen LogP contribution in [0.1, 0.15) is 58.8 Å². The van der Waals surface area contributed by atoms with Crippen LogP contribution in [0.3, 0.4) is 0 Å². The number of nitrogens with zero attached hydrogens (tertiary/aromatic N) is 1. The largest absolute Gasteiger partial charge is 0.303 e. The Bertz CT molecular complexity index is 186. The van der Waals surface area contributed by atoms with Gasteiger partial charge in [0, 0.05) is 6.54 Å². The molecular weight excluding hydrogens is 182 g/mol. The molecule has 1 aliphatic carbocycles. The maximum absolute atomic E-state index is 2.73. The molecule has 0 aromatic heterocycles. The Kier molecular flexibility index (Phi) is 3.71. The van der Waals surface area contributed by atoms with Crippen molar-refractivity contribution in [3.8, 4) is 0 Å². The van der Waals surface area contributed by atoms with Gasteiger partial charge in [0.05, 0.1) is 0 Å². The quantitative estimate of drug-likeness (QED) is 0.685. The van der Waals surface area contributed by atoms with Gasteiger partial charge in [0.25, 0.3) is 0 Å². The van der Waals surface area contributed by atoms with Crippen LogP contribution >= 0.6 is 0 Å². The van der Waals surface area contributed by atoms with Crippen LogP contribution in [0.15, 0.2) is 0 Å². The van der Waals surface area contributed by atoms with Crippen molar-refractivity contribution >= 4 is 0 Å². The summed E-state index contributed by atoms with van der Waals surface area (Å²) in [6, 6.07) is 0. The molecule has 1 saturated carbocycles. The fourth-order valence-corrected chi connectivity index (χ4v) is 3.48. The van der Waals surface area contributed by atoms with Gasteiger partial charge >= 0.3 is 0 Å². The second-order valence-corrected chi connectivity index (χ2v) is 6.15. The first-order valence-electron chi connectivity index (χ1n) is 6.94. The molecule has 0 bridgehead atoms. The summed E-state index contributed by atoms with van der Waals surface area (Å²) in [4.78, 5) is 2.73. The Morgan fingerprint density at radius 1 is 1.13 bits per heavy atom. The molecule has 2 fully saturated rings. The summed E-state index contributed by atoms with van der Waals surface area (Å²) in [6.07, 6.45) is 10.2. The van der Waals surface area contributed by atoms with Crippen LogP contribution in [-0.2, 0) is 0 Å². The predicted octanol–water partition coefficient (Wildman–Crippen LogP) is 3.69. The molecule has 0 N–H and O–H groups in total. The number of hydrogen-bond acceptors (Lipinski definition) is 1. The second-order valence-electron chi connectivity index (χ2n) is 6.15. The van der Waals surface area contributed by atoms with Crippen molar-refractivity contribution in [2.75, 3.05) is 19.6 Å². The lowest BCUT2D eigenvalue weighted by molar-refractivity contribution is 0.120. The Hall–Kier alpha value is -0.0400. The summed E-state index contributed by atoms with van der Waals surface area (Å²) in [7, 11) is 0. The van der Waals surface area contributed by atoms with E-state index < -0.39 is 0 Å².